The minimum absolute atomic E-state index is 0. The third-order valence-electron chi connectivity index (χ3n) is 2.68. The summed E-state index contributed by atoms with van der Waals surface area (Å²) >= 11 is 0. The molecule has 100 valence electrons. The molecule has 1 aliphatic heterocycles. The van der Waals surface area contributed by atoms with Crippen molar-refractivity contribution in [1.29, 1.82) is 0 Å². The number of halogens is 3. The van der Waals surface area contributed by atoms with Gasteiger partial charge in [-0.3, -0.25) is 0 Å². The Morgan fingerprint density at radius 3 is 2.24 bits per heavy atom. The van der Waals surface area contributed by atoms with Crippen molar-refractivity contribution in [2.75, 3.05) is 36.8 Å². The van der Waals surface area contributed by atoms with Crippen LogP contribution in [0.25, 0.3) is 0 Å². The van der Waals surface area contributed by atoms with E-state index in [1.807, 2.05) is 12.1 Å². The van der Waals surface area contributed by atoms with Crippen LogP contribution >= 0.6 is 37.2 Å². The third kappa shape index (κ3) is 4.80. The zero-order chi connectivity index (χ0) is 9.97. The Bertz CT molecular complexity index is 328. The molecule has 1 saturated heterocycles. The smallest absolute Gasteiger partial charge is 0.0398 e. The molecule has 1 heterocycles. The monoisotopic (exact) mass is 299 g/mol. The summed E-state index contributed by atoms with van der Waals surface area (Å²) < 4.78 is 0. The fourth-order valence-electron chi connectivity index (χ4n) is 1.94. The average Bonchev–Trinajstić information content (AvgIpc) is 2.19. The van der Waals surface area contributed by atoms with Crippen LogP contribution in [0.2, 0.25) is 0 Å². The molecule has 17 heavy (non-hydrogen) atoms. The van der Waals surface area contributed by atoms with E-state index in [0.29, 0.717) is 0 Å². The molecule has 0 atom stereocenters. The summed E-state index contributed by atoms with van der Waals surface area (Å²) in [5.74, 6) is 0. The normalized spacial score (nSPS) is 14.1. The van der Waals surface area contributed by atoms with Gasteiger partial charge in [0.25, 0.3) is 0 Å². The number of nitrogens with two attached hydrogens (primary N) is 1. The van der Waals surface area contributed by atoms with E-state index in [9.17, 15) is 0 Å². The molecule has 1 aromatic rings. The van der Waals surface area contributed by atoms with Crippen molar-refractivity contribution < 1.29 is 0 Å². The van der Waals surface area contributed by atoms with Gasteiger partial charge in [-0.15, -0.1) is 37.2 Å². The van der Waals surface area contributed by atoms with E-state index in [2.05, 4.69) is 23.2 Å². The molecular formula is C11H20Cl3N3. The van der Waals surface area contributed by atoms with Gasteiger partial charge in [-0.1, -0.05) is 0 Å². The van der Waals surface area contributed by atoms with Crippen LogP contribution in [0, 0.1) is 6.92 Å². The van der Waals surface area contributed by atoms with Gasteiger partial charge in [-0.2, -0.15) is 0 Å². The predicted molar refractivity (Wildman–Crippen MR) is 82.4 cm³/mol. The number of hydrogen-bond donors (Lipinski definition) is 2. The molecule has 2 rings (SSSR count). The molecule has 0 bridgehead atoms. The maximum absolute atomic E-state index is 5.73. The molecular weight excluding hydrogens is 281 g/mol. The number of rotatable bonds is 1. The summed E-state index contributed by atoms with van der Waals surface area (Å²) in [6.07, 6.45) is 0. The molecule has 0 aromatic heterocycles. The van der Waals surface area contributed by atoms with E-state index in [0.717, 1.165) is 31.9 Å². The van der Waals surface area contributed by atoms with Crippen LogP contribution in [0.4, 0.5) is 11.4 Å². The quantitative estimate of drug-likeness (QED) is 0.782. The molecule has 0 radical (unpaired) electrons. The molecule has 1 fully saturated rings. The topological polar surface area (TPSA) is 41.3 Å². The Morgan fingerprint density at radius 2 is 1.71 bits per heavy atom. The highest BCUT2D eigenvalue weighted by molar-refractivity contribution is 5.86. The summed E-state index contributed by atoms with van der Waals surface area (Å²) in [4.78, 5) is 2.41. The van der Waals surface area contributed by atoms with E-state index in [1.54, 1.807) is 0 Å². The highest BCUT2D eigenvalue weighted by Crippen LogP contribution is 2.22. The van der Waals surface area contributed by atoms with E-state index in [-0.39, 0.29) is 37.2 Å². The van der Waals surface area contributed by atoms with Crippen LogP contribution in [-0.2, 0) is 0 Å². The van der Waals surface area contributed by atoms with Gasteiger partial charge in [0.05, 0.1) is 0 Å². The summed E-state index contributed by atoms with van der Waals surface area (Å²) in [5, 5.41) is 3.35. The minimum atomic E-state index is 0. The van der Waals surface area contributed by atoms with Crippen molar-refractivity contribution in [3.63, 3.8) is 0 Å². The van der Waals surface area contributed by atoms with E-state index < -0.39 is 0 Å². The molecule has 0 saturated carbocycles. The van der Waals surface area contributed by atoms with Crippen LogP contribution in [0.5, 0.6) is 0 Å². The summed E-state index contributed by atoms with van der Waals surface area (Å²) in [5.41, 5.74) is 9.17. The highest BCUT2D eigenvalue weighted by Gasteiger charge is 2.11. The first-order valence-electron chi connectivity index (χ1n) is 5.09. The number of anilines is 2. The van der Waals surface area contributed by atoms with Crippen LogP contribution in [0.1, 0.15) is 5.56 Å². The Labute approximate surface area is 121 Å². The van der Waals surface area contributed by atoms with Crippen molar-refractivity contribution in [2.24, 2.45) is 0 Å². The molecule has 0 amide bonds. The van der Waals surface area contributed by atoms with Crippen molar-refractivity contribution in [3.05, 3.63) is 23.8 Å². The van der Waals surface area contributed by atoms with Crippen molar-refractivity contribution >= 4 is 48.6 Å². The SMILES string of the molecule is Cc1cc(N)ccc1N1CCNCC1.Cl.Cl.Cl. The molecule has 0 aliphatic carbocycles. The molecule has 3 nitrogen and oxygen atoms in total. The van der Waals surface area contributed by atoms with Gasteiger partial charge in [0.2, 0.25) is 0 Å². The third-order valence-corrected chi connectivity index (χ3v) is 2.68. The van der Waals surface area contributed by atoms with Gasteiger partial charge >= 0.3 is 0 Å². The lowest BCUT2D eigenvalue weighted by Crippen LogP contribution is -2.43. The predicted octanol–water partition coefficient (Wildman–Crippen LogP) is 2.25. The summed E-state index contributed by atoms with van der Waals surface area (Å²) in [6.45, 7) is 6.44. The van der Waals surface area contributed by atoms with Crippen LogP contribution in [-0.4, -0.2) is 26.2 Å². The molecule has 6 heteroatoms. The van der Waals surface area contributed by atoms with Gasteiger partial charge in [0, 0.05) is 37.6 Å². The number of nitrogens with one attached hydrogen (secondary N) is 1. The second-order valence-corrected chi connectivity index (χ2v) is 3.78. The number of nitrogen functional groups attached to an aromatic ring is 1. The van der Waals surface area contributed by atoms with Gasteiger partial charge in [-0.25, -0.2) is 0 Å². The second-order valence-electron chi connectivity index (χ2n) is 3.78. The Morgan fingerprint density at radius 1 is 1.12 bits per heavy atom. The molecule has 0 spiro atoms. The summed E-state index contributed by atoms with van der Waals surface area (Å²) in [6, 6.07) is 6.14. The van der Waals surface area contributed by atoms with Crippen LogP contribution < -0.4 is 16.0 Å². The van der Waals surface area contributed by atoms with Crippen LogP contribution in [0.3, 0.4) is 0 Å². The lowest BCUT2D eigenvalue weighted by atomic mass is 10.1. The first-order valence-corrected chi connectivity index (χ1v) is 5.09. The first-order chi connectivity index (χ1) is 6.77. The Kier molecular flexibility index (Phi) is 9.72. The average molecular weight is 301 g/mol. The van der Waals surface area contributed by atoms with E-state index in [4.69, 9.17) is 5.73 Å². The lowest BCUT2D eigenvalue weighted by molar-refractivity contribution is 0.588. The maximum Gasteiger partial charge on any atom is 0.0398 e. The largest absolute Gasteiger partial charge is 0.399 e. The zero-order valence-electron chi connectivity index (χ0n) is 9.81. The molecule has 1 aliphatic rings. The minimum Gasteiger partial charge on any atom is -0.399 e. The maximum atomic E-state index is 5.73. The second kappa shape index (κ2) is 8.70. The standard InChI is InChI=1S/C11H17N3.3ClH/c1-9-8-10(12)2-3-11(9)14-6-4-13-5-7-14;;;/h2-3,8,13H,4-7,12H2,1H3;3*1H. The lowest BCUT2D eigenvalue weighted by Gasteiger charge is -2.30. The van der Waals surface area contributed by atoms with Crippen LogP contribution in [0.15, 0.2) is 18.2 Å². The Hall–Kier alpha value is -0.350. The zero-order valence-corrected chi connectivity index (χ0v) is 12.3. The van der Waals surface area contributed by atoms with Crippen molar-refractivity contribution in [3.8, 4) is 0 Å². The van der Waals surface area contributed by atoms with Crippen molar-refractivity contribution in [1.82, 2.24) is 5.32 Å². The fraction of sp³-hybridized carbons (Fsp3) is 0.455. The number of aryl methyl sites for hydroxylation is 1. The van der Waals surface area contributed by atoms with Gasteiger partial charge in [-0.05, 0) is 30.7 Å². The number of benzene rings is 1. The molecule has 3 N–H and O–H groups in total. The van der Waals surface area contributed by atoms with E-state index in [1.165, 1.54) is 11.3 Å². The van der Waals surface area contributed by atoms with Gasteiger partial charge < -0.3 is 16.0 Å². The van der Waals surface area contributed by atoms with Gasteiger partial charge in [0.15, 0.2) is 0 Å². The first kappa shape index (κ1) is 19.0. The van der Waals surface area contributed by atoms with Crippen molar-refractivity contribution in [2.45, 2.75) is 6.92 Å². The van der Waals surface area contributed by atoms with Gasteiger partial charge in [0.1, 0.15) is 0 Å². The number of nitrogens with zero attached hydrogens (tertiary/aromatic N) is 1. The Balaban J connectivity index is 0. The fourth-order valence-corrected chi connectivity index (χ4v) is 1.94. The highest BCUT2D eigenvalue weighted by atomic mass is 35.5. The molecule has 1 aromatic carbocycles. The number of hydrogen-bond acceptors (Lipinski definition) is 3. The number of piperazine rings is 1. The summed E-state index contributed by atoms with van der Waals surface area (Å²) in [7, 11) is 0. The van der Waals surface area contributed by atoms with E-state index >= 15 is 0 Å². The molecule has 0 unspecified atom stereocenters.